The fourth-order valence-corrected chi connectivity index (χ4v) is 3.42. The van der Waals surface area contributed by atoms with E-state index in [1.807, 2.05) is 11.9 Å². The SMILES string of the molecule is CC#CCn1c(N(C)CCN)nc2c1c(=O)n(CC(=S)Nc1ccncc1)c(=O)n2C. The van der Waals surface area contributed by atoms with Gasteiger partial charge in [-0.25, -0.2) is 4.79 Å². The van der Waals surface area contributed by atoms with Crippen molar-refractivity contribution in [2.45, 2.75) is 20.0 Å². The molecule has 0 saturated heterocycles. The number of nitrogens with two attached hydrogens (primary N) is 1. The van der Waals surface area contributed by atoms with Gasteiger partial charge in [0.15, 0.2) is 11.2 Å². The van der Waals surface area contributed by atoms with Crippen LogP contribution in [0.3, 0.4) is 0 Å². The van der Waals surface area contributed by atoms with Crippen molar-refractivity contribution >= 4 is 40.0 Å². The molecule has 31 heavy (non-hydrogen) atoms. The van der Waals surface area contributed by atoms with Gasteiger partial charge in [0, 0.05) is 45.3 Å². The molecule has 0 bridgehead atoms. The molecule has 3 rings (SSSR count). The molecule has 11 heteroatoms. The molecule has 162 valence electrons. The quantitative estimate of drug-likeness (QED) is 0.394. The van der Waals surface area contributed by atoms with E-state index >= 15 is 0 Å². The number of likely N-dealkylation sites (N-methyl/N-ethyl adjacent to an activating group) is 1. The van der Waals surface area contributed by atoms with Crippen LogP contribution in [0.5, 0.6) is 0 Å². The van der Waals surface area contributed by atoms with Crippen LogP contribution in [0.15, 0.2) is 34.1 Å². The first-order valence-electron chi connectivity index (χ1n) is 9.59. The minimum absolute atomic E-state index is 0.0717. The molecule has 0 aliphatic carbocycles. The Bertz CT molecular complexity index is 1280. The van der Waals surface area contributed by atoms with Crippen molar-refractivity contribution in [2.24, 2.45) is 12.8 Å². The monoisotopic (exact) mass is 440 g/mol. The summed E-state index contributed by atoms with van der Waals surface area (Å²) in [6, 6.07) is 3.49. The number of nitrogens with one attached hydrogen (secondary N) is 1. The molecule has 0 fully saturated rings. The van der Waals surface area contributed by atoms with Crippen molar-refractivity contribution in [3.63, 3.8) is 0 Å². The lowest BCUT2D eigenvalue weighted by Crippen LogP contribution is -2.42. The maximum absolute atomic E-state index is 13.4. The zero-order valence-corrected chi connectivity index (χ0v) is 18.4. The van der Waals surface area contributed by atoms with E-state index in [9.17, 15) is 9.59 Å². The van der Waals surface area contributed by atoms with E-state index in [-0.39, 0.29) is 24.3 Å². The summed E-state index contributed by atoms with van der Waals surface area (Å²) in [5.41, 5.74) is 6.00. The van der Waals surface area contributed by atoms with Crippen LogP contribution in [0.2, 0.25) is 0 Å². The Morgan fingerprint density at radius 1 is 1.29 bits per heavy atom. The number of nitrogens with zero attached hydrogens (tertiary/aromatic N) is 6. The van der Waals surface area contributed by atoms with Gasteiger partial charge in [0.1, 0.15) is 4.99 Å². The van der Waals surface area contributed by atoms with Gasteiger partial charge in [-0.1, -0.05) is 18.1 Å². The van der Waals surface area contributed by atoms with Crippen LogP contribution in [0.25, 0.3) is 11.2 Å². The van der Waals surface area contributed by atoms with Gasteiger partial charge in [-0.05, 0) is 19.1 Å². The largest absolute Gasteiger partial charge is 0.348 e. The Balaban J connectivity index is 2.13. The lowest BCUT2D eigenvalue weighted by atomic mass is 10.4. The number of hydrogen-bond donors (Lipinski definition) is 2. The second kappa shape index (κ2) is 9.55. The Morgan fingerprint density at radius 3 is 2.65 bits per heavy atom. The highest BCUT2D eigenvalue weighted by atomic mass is 32.1. The lowest BCUT2D eigenvalue weighted by Gasteiger charge is -2.17. The second-order valence-corrected chi connectivity index (χ2v) is 7.32. The summed E-state index contributed by atoms with van der Waals surface area (Å²) in [5.74, 6) is 6.32. The van der Waals surface area contributed by atoms with Crippen LogP contribution in [-0.2, 0) is 20.1 Å². The number of rotatable bonds is 7. The highest BCUT2D eigenvalue weighted by Gasteiger charge is 2.22. The predicted octanol–water partition coefficient (Wildman–Crippen LogP) is 0.149. The molecular formula is C20H24N8O2S. The van der Waals surface area contributed by atoms with E-state index in [2.05, 4.69) is 27.1 Å². The van der Waals surface area contributed by atoms with Gasteiger partial charge in [-0.15, -0.1) is 5.92 Å². The average molecular weight is 441 g/mol. The van der Waals surface area contributed by atoms with Crippen LogP contribution in [0.1, 0.15) is 6.92 Å². The minimum Gasteiger partial charge on any atom is -0.348 e. The normalized spacial score (nSPS) is 10.6. The number of anilines is 2. The predicted molar refractivity (Wildman–Crippen MR) is 125 cm³/mol. The van der Waals surface area contributed by atoms with Crippen LogP contribution in [0, 0.1) is 11.8 Å². The summed E-state index contributed by atoms with van der Waals surface area (Å²) in [6.07, 6.45) is 3.24. The fraction of sp³-hybridized carbons (Fsp3) is 0.350. The fourth-order valence-electron chi connectivity index (χ4n) is 3.17. The number of aryl methyl sites for hydroxylation is 1. The zero-order valence-electron chi connectivity index (χ0n) is 17.6. The number of fused-ring (bicyclic) bond motifs is 1. The van der Waals surface area contributed by atoms with Gasteiger partial charge in [0.25, 0.3) is 5.56 Å². The van der Waals surface area contributed by atoms with Crippen LogP contribution < -0.4 is 27.2 Å². The molecule has 10 nitrogen and oxygen atoms in total. The number of thiocarbonyl (C=S) groups is 1. The first-order chi connectivity index (χ1) is 14.9. The van der Waals surface area contributed by atoms with E-state index in [4.69, 9.17) is 18.0 Å². The van der Waals surface area contributed by atoms with Crippen LogP contribution in [-0.4, -0.2) is 48.8 Å². The summed E-state index contributed by atoms with van der Waals surface area (Å²) in [4.78, 5) is 37.0. The van der Waals surface area contributed by atoms with Gasteiger partial charge < -0.3 is 16.0 Å². The molecule has 0 amide bonds. The molecule has 0 unspecified atom stereocenters. The molecule has 0 aliphatic rings. The third-order valence-electron chi connectivity index (χ3n) is 4.70. The van der Waals surface area contributed by atoms with Crippen molar-refractivity contribution < 1.29 is 0 Å². The molecule has 0 radical (unpaired) electrons. The van der Waals surface area contributed by atoms with Crippen molar-refractivity contribution in [1.29, 1.82) is 0 Å². The first kappa shape index (κ1) is 22.2. The molecule has 3 aromatic rings. The van der Waals surface area contributed by atoms with E-state index in [1.54, 1.807) is 43.1 Å². The molecule has 3 heterocycles. The van der Waals surface area contributed by atoms with Crippen molar-refractivity contribution in [1.82, 2.24) is 23.7 Å². The Morgan fingerprint density at radius 2 is 2.00 bits per heavy atom. The van der Waals surface area contributed by atoms with Crippen molar-refractivity contribution in [2.75, 3.05) is 30.4 Å². The Kier molecular flexibility index (Phi) is 6.84. The highest BCUT2D eigenvalue weighted by molar-refractivity contribution is 7.80. The highest BCUT2D eigenvalue weighted by Crippen LogP contribution is 2.18. The first-order valence-corrected chi connectivity index (χ1v) is 10.0. The summed E-state index contributed by atoms with van der Waals surface area (Å²) in [7, 11) is 3.41. The molecular weight excluding hydrogens is 416 g/mol. The Hall–Kier alpha value is -3.49. The van der Waals surface area contributed by atoms with Gasteiger partial charge in [0.2, 0.25) is 5.95 Å². The van der Waals surface area contributed by atoms with Crippen LogP contribution in [0.4, 0.5) is 11.6 Å². The summed E-state index contributed by atoms with van der Waals surface area (Å²) in [5, 5.41) is 3.02. The van der Waals surface area contributed by atoms with Crippen molar-refractivity contribution in [3.8, 4) is 11.8 Å². The molecule has 0 aromatic carbocycles. The Labute approximate surface area is 184 Å². The molecule has 0 aliphatic heterocycles. The molecule has 0 spiro atoms. The standard InChI is InChI=1S/C20H24N8O2S/c1-4-5-11-27-16-17(24-19(27)25(2)12-8-21)26(3)20(30)28(18(16)29)13-15(31)23-14-6-9-22-10-7-14/h6-7,9-10H,8,11-13,21H2,1-3H3,(H,22,23,31). The molecule has 0 atom stereocenters. The van der Waals surface area contributed by atoms with Gasteiger partial charge in [-0.2, -0.15) is 4.98 Å². The maximum Gasteiger partial charge on any atom is 0.332 e. The van der Waals surface area contributed by atoms with Gasteiger partial charge in [0.05, 0.1) is 13.1 Å². The van der Waals surface area contributed by atoms with Gasteiger partial charge >= 0.3 is 5.69 Å². The smallest absolute Gasteiger partial charge is 0.332 e. The van der Waals surface area contributed by atoms with E-state index in [0.29, 0.717) is 24.0 Å². The topological polar surface area (TPSA) is 116 Å². The second-order valence-electron chi connectivity index (χ2n) is 6.82. The number of aromatic nitrogens is 5. The van der Waals surface area contributed by atoms with Crippen molar-refractivity contribution in [3.05, 3.63) is 45.4 Å². The zero-order chi connectivity index (χ0) is 22.5. The summed E-state index contributed by atoms with van der Waals surface area (Å²) in [6.45, 7) is 2.85. The summed E-state index contributed by atoms with van der Waals surface area (Å²) >= 11 is 5.38. The lowest BCUT2D eigenvalue weighted by molar-refractivity contribution is 0.680. The number of pyridine rings is 1. The third kappa shape index (κ3) is 4.50. The molecule has 0 saturated carbocycles. The molecule has 3 aromatic heterocycles. The molecule has 3 N–H and O–H groups in total. The van der Waals surface area contributed by atoms with E-state index in [1.165, 1.54) is 4.57 Å². The van der Waals surface area contributed by atoms with Gasteiger partial charge in [-0.3, -0.25) is 23.5 Å². The van der Waals surface area contributed by atoms with Crippen LogP contribution >= 0.6 is 12.2 Å². The minimum atomic E-state index is -0.504. The number of hydrogen-bond acceptors (Lipinski definition) is 7. The maximum atomic E-state index is 13.4. The third-order valence-corrected chi connectivity index (χ3v) is 4.93. The summed E-state index contributed by atoms with van der Waals surface area (Å²) < 4.78 is 4.16. The van der Waals surface area contributed by atoms with E-state index in [0.717, 1.165) is 10.3 Å². The average Bonchev–Trinajstić information content (AvgIpc) is 3.14. The van der Waals surface area contributed by atoms with E-state index < -0.39 is 11.2 Å². The number of imidazole rings is 1.